The maximum atomic E-state index is 11.5. The van der Waals surface area contributed by atoms with E-state index in [1.165, 1.54) is 0 Å². The zero-order valence-corrected chi connectivity index (χ0v) is 10.5. The summed E-state index contributed by atoms with van der Waals surface area (Å²) in [6.45, 7) is 7.01. The van der Waals surface area contributed by atoms with E-state index in [1.54, 1.807) is 20.9 Å². The zero-order valence-electron chi connectivity index (χ0n) is 10.5. The summed E-state index contributed by atoms with van der Waals surface area (Å²) in [5, 5.41) is 2.55. The number of amides is 2. The van der Waals surface area contributed by atoms with Gasteiger partial charge in [-0.25, -0.2) is 5.84 Å². The third-order valence-electron chi connectivity index (χ3n) is 2.46. The topological polar surface area (TPSA) is 87.5 Å². The SMILES string of the molecule is CCN(CC(=O)NC)CC(C)(C)C(=O)NN. The molecule has 94 valence electrons. The quantitative estimate of drug-likeness (QED) is 0.312. The molecule has 0 aromatic carbocycles. The molecule has 0 aromatic rings. The molecule has 2 amide bonds. The van der Waals surface area contributed by atoms with Gasteiger partial charge in [-0.2, -0.15) is 0 Å². The maximum Gasteiger partial charge on any atom is 0.240 e. The zero-order chi connectivity index (χ0) is 12.8. The third-order valence-corrected chi connectivity index (χ3v) is 2.46. The summed E-state index contributed by atoms with van der Waals surface area (Å²) in [7, 11) is 1.59. The summed E-state index contributed by atoms with van der Waals surface area (Å²) in [5.74, 6) is 4.81. The molecule has 0 aromatic heterocycles. The van der Waals surface area contributed by atoms with Gasteiger partial charge in [0, 0.05) is 13.6 Å². The van der Waals surface area contributed by atoms with Gasteiger partial charge in [0.2, 0.25) is 11.8 Å². The van der Waals surface area contributed by atoms with Crippen LogP contribution in [0.15, 0.2) is 0 Å². The Morgan fingerprint density at radius 2 is 1.94 bits per heavy atom. The van der Waals surface area contributed by atoms with Gasteiger partial charge in [-0.1, -0.05) is 6.92 Å². The van der Waals surface area contributed by atoms with E-state index in [2.05, 4.69) is 10.7 Å². The van der Waals surface area contributed by atoms with Crippen molar-refractivity contribution in [2.24, 2.45) is 11.3 Å². The first-order chi connectivity index (χ1) is 7.37. The largest absolute Gasteiger partial charge is 0.358 e. The van der Waals surface area contributed by atoms with E-state index >= 15 is 0 Å². The maximum absolute atomic E-state index is 11.5. The molecule has 0 radical (unpaired) electrons. The van der Waals surface area contributed by atoms with Gasteiger partial charge in [0.15, 0.2) is 0 Å². The van der Waals surface area contributed by atoms with Crippen molar-refractivity contribution in [2.75, 3.05) is 26.7 Å². The highest BCUT2D eigenvalue weighted by Gasteiger charge is 2.29. The minimum atomic E-state index is -0.612. The van der Waals surface area contributed by atoms with Gasteiger partial charge in [0.1, 0.15) is 0 Å². The fourth-order valence-corrected chi connectivity index (χ4v) is 1.39. The van der Waals surface area contributed by atoms with Crippen LogP contribution in [0, 0.1) is 5.41 Å². The van der Waals surface area contributed by atoms with Gasteiger partial charge < -0.3 is 5.32 Å². The minimum Gasteiger partial charge on any atom is -0.358 e. The molecule has 0 fully saturated rings. The number of hydrazine groups is 1. The number of carbonyl (C=O) groups is 2. The van der Waals surface area contributed by atoms with Crippen LogP contribution in [0.2, 0.25) is 0 Å². The van der Waals surface area contributed by atoms with Crippen LogP contribution in [0.3, 0.4) is 0 Å². The molecule has 6 nitrogen and oxygen atoms in total. The molecule has 0 saturated heterocycles. The van der Waals surface area contributed by atoms with Crippen molar-refractivity contribution >= 4 is 11.8 Å². The Kier molecular flexibility index (Phi) is 5.98. The van der Waals surface area contributed by atoms with Crippen LogP contribution in [0.4, 0.5) is 0 Å². The van der Waals surface area contributed by atoms with E-state index in [-0.39, 0.29) is 18.4 Å². The highest BCUT2D eigenvalue weighted by molar-refractivity contribution is 5.81. The normalized spacial score (nSPS) is 11.4. The van der Waals surface area contributed by atoms with Crippen molar-refractivity contribution in [1.29, 1.82) is 0 Å². The van der Waals surface area contributed by atoms with Gasteiger partial charge >= 0.3 is 0 Å². The summed E-state index contributed by atoms with van der Waals surface area (Å²) in [6.07, 6.45) is 0. The Balaban J connectivity index is 4.41. The van der Waals surface area contributed by atoms with Crippen molar-refractivity contribution in [3.63, 3.8) is 0 Å². The molecule has 0 aliphatic carbocycles. The summed E-state index contributed by atoms with van der Waals surface area (Å²) in [6, 6.07) is 0. The molecular weight excluding hydrogens is 208 g/mol. The Labute approximate surface area is 96.5 Å². The predicted octanol–water partition coefficient (Wildman–Crippen LogP) is -0.930. The van der Waals surface area contributed by atoms with E-state index in [1.807, 2.05) is 11.8 Å². The first kappa shape index (κ1) is 14.9. The van der Waals surface area contributed by atoms with E-state index in [4.69, 9.17) is 5.84 Å². The second-order valence-electron chi connectivity index (χ2n) is 4.33. The molecule has 0 spiro atoms. The van der Waals surface area contributed by atoms with Crippen LogP contribution in [-0.4, -0.2) is 43.4 Å². The molecular formula is C10H22N4O2. The van der Waals surface area contributed by atoms with Crippen LogP contribution < -0.4 is 16.6 Å². The van der Waals surface area contributed by atoms with Gasteiger partial charge in [-0.15, -0.1) is 0 Å². The fraction of sp³-hybridized carbons (Fsp3) is 0.800. The lowest BCUT2D eigenvalue weighted by Crippen LogP contribution is -2.49. The van der Waals surface area contributed by atoms with Crippen LogP contribution in [0.5, 0.6) is 0 Å². The summed E-state index contributed by atoms with van der Waals surface area (Å²) < 4.78 is 0. The molecule has 0 bridgehead atoms. The van der Waals surface area contributed by atoms with Gasteiger partial charge in [-0.05, 0) is 20.4 Å². The second-order valence-corrected chi connectivity index (χ2v) is 4.33. The summed E-state index contributed by atoms with van der Waals surface area (Å²) in [4.78, 5) is 24.6. The molecule has 0 aliphatic heterocycles. The smallest absolute Gasteiger partial charge is 0.240 e. The van der Waals surface area contributed by atoms with Crippen LogP contribution in [0.25, 0.3) is 0 Å². The van der Waals surface area contributed by atoms with Gasteiger partial charge in [0.05, 0.1) is 12.0 Å². The number of hydrogen-bond donors (Lipinski definition) is 3. The first-order valence-corrected chi connectivity index (χ1v) is 5.31. The number of hydrogen-bond acceptors (Lipinski definition) is 4. The number of nitrogens with two attached hydrogens (primary N) is 1. The van der Waals surface area contributed by atoms with Crippen molar-refractivity contribution < 1.29 is 9.59 Å². The average Bonchev–Trinajstić information content (AvgIpc) is 2.26. The Morgan fingerprint density at radius 3 is 2.31 bits per heavy atom. The second kappa shape index (κ2) is 6.44. The predicted molar refractivity (Wildman–Crippen MR) is 62.3 cm³/mol. The molecule has 4 N–H and O–H groups in total. The Bertz CT molecular complexity index is 253. The first-order valence-electron chi connectivity index (χ1n) is 5.31. The van der Waals surface area contributed by atoms with Crippen LogP contribution in [0.1, 0.15) is 20.8 Å². The lowest BCUT2D eigenvalue weighted by atomic mass is 9.92. The molecule has 0 heterocycles. The molecule has 0 unspecified atom stereocenters. The molecule has 0 atom stereocenters. The van der Waals surface area contributed by atoms with Crippen LogP contribution >= 0.6 is 0 Å². The third kappa shape index (κ3) is 4.59. The minimum absolute atomic E-state index is 0.0641. The van der Waals surface area contributed by atoms with E-state index < -0.39 is 5.41 Å². The van der Waals surface area contributed by atoms with Crippen molar-refractivity contribution in [1.82, 2.24) is 15.6 Å². The summed E-state index contributed by atoms with van der Waals surface area (Å²) >= 11 is 0. The van der Waals surface area contributed by atoms with Crippen molar-refractivity contribution in [2.45, 2.75) is 20.8 Å². The standard InChI is InChI=1S/C10H22N4O2/c1-5-14(6-8(15)12-4)7-10(2,3)9(16)13-11/h5-7,11H2,1-4H3,(H,12,15)(H,13,16). The number of nitrogens with zero attached hydrogens (tertiary/aromatic N) is 1. The van der Waals surface area contributed by atoms with Gasteiger partial charge in [-0.3, -0.25) is 19.9 Å². The number of likely N-dealkylation sites (N-methyl/N-ethyl adjacent to an activating group) is 2. The number of carbonyl (C=O) groups excluding carboxylic acids is 2. The molecule has 6 heteroatoms. The van der Waals surface area contributed by atoms with E-state index in [0.717, 1.165) is 0 Å². The highest BCUT2D eigenvalue weighted by atomic mass is 16.2. The molecule has 0 rings (SSSR count). The highest BCUT2D eigenvalue weighted by Crippen LogP contribution is 2.16. The number of nitrogens with one attached hydrogen (secondary N) is 2. The van der Waals surface area contributed by atoms with Crippen molar-refractivity contribution in [3.8, 4) is 0 Å². The molecule has 16 heavy (non-hydrogen) atoms. The molecule has 0 saturated carbocycles. The van der Waals surface area contributed by atoms with Crippen LogP contribution in [-0.2, 0) is 9.59 Å². The fourth-order valence-electron chi connectivity index (χ4n) is 1.39. The van der Waals surface area contributed by atoms with E-state index in [0.29, 0.717) is 13.1 Å². The Hall–Kier alpha value is -1.14. The van der Waals surface area contributed by atoms with E-state index in [9.17, 15) is 9.59 Å². The van der Waals surface area contributed by atoms with Crippen molar-refractivity contribution in [3.05, 3.63) is 0 Å². The molecule has 0 aliphatic rings. The number of rotatable bonds is 6. The van der Waals surface area contributed by atoms with Gasteiger partial charge in [0.25, 0.3) is 0 Å². The summed E-state index contributed by atoms with van der Waals surface area (Å²) in [5.41, 5.74) is 1.52. The lowest BCUT2D eigenvalue weighted by Gasteiger charge is -2.29. The monoisotopic (exact) mass is 230 g/mol. The Morgan fingerprint density at radius 1 is 1.38 bits per heavy atom. The lowest BCUT2D eigenvalue weighted by molar-refractivity contribution is -0.131. The average molecular weight is 230 g/mol.